The summed E-state index contributed by atoms with van der Waals surface area (Å²) >= 11 is 0. The number of nitrogens with one attached hydrogen (secondary N) is 1. The maximum atomic E-state index is 2.75. The lowest BCUT2D eigenvalue weighted by Crippen LogP contribution is -2.16. The van der Waals surface area contributed by atoms with Crippen LogP contribution in [0.5, 0.6) is 0 Å². The molecule has 1 aromatic rings. The van der Waals surface area contributed by atoms with Gasteiger partial charge in [0.2, 0.25) is 0 Å². The molecule has 0 bridgehead atoms. The van der Waals surface area contributed by atoms with Crippen LogP contribution in [0.3, 0.4) is 0 Å². The molecule has 1 nitrogen and oxygen atoms in total. The normalized spacial score (nSPS) is 23.1. The van der Waals surface area contributed by atoms with Gasteiger partial charge in [0, 0.05) is 0 Å². The minimum Gasteiger partial charge on any atom is -0.323 e. The van der Waals surface area contributed by atoms with Crippen molar-refractivity contribution >= 4 is 0 Å². The van der Waals surface area contributed by atoms with Gasteiger partial charge in [-0.1, -0.05) is 37.1 Å². The van der Waals surface area contributed by atoms with E-state index in [1.54, 1.807) is 11.1 Å². The lowest BCUT2D eigenvalue weighted by molar-refractivity contribution is 0.387. The van der Waals surface area contributed by atoms with E-state index in [4.69, 9.17) is 0 Å². The molecule has 0 aliphatic heterocycles. The van der Waals surface area contributed by atoms with Crippen LogP contribution in [0, 0.1) is 5.92 Å². The van der Waals surface area contributed by atoms with Crippen LogP contribution in [0.15, 0.2) is 24.3 Å². The largest absolute Gasteiger partial charge is 0.323 e. The number of rotatable bonds is 1. The van der Waals surface area contributed by atoms with Crippen molar-refractivity contribution < 1.29 is 0 Å². The van der Waals surface area contributed by atoms with E-state index in [-0.39, 0.29) is 0 Å². The Hall–Kier alpha value is -0.820. The van der Waals surface area contributed by atoms with Crippen LogP contribution in [0.1, 0.15) is 55.6 Å². The average Bonchev–Trinajstić information content (AvgIpc) is 2.93. The Kier molecular flexibility index (Phi) is 5.25. The molecule has 2 aliphatic carbocycles. The molecule has 0 radical (unpaired) electrons. The summed E-state index contributed by atoms with van der Waals surface area (Å²) in [7, 11) is 3.75. The third-order valence-corrected chi connectivity index (χ3v) is 4.38. The van der Waals surface area contributed by atoms with E-state index >= 15 is 0 Å². The van der Waals surface area contributed by atoms with Crippen LogP contribution in [0.25, 0.3) is 0 Å². The molecule has 1 fully saturated rings. The Morgan fingerprint density at radius 1 is 0.944 bits per heavy atom. The van der Waals surface area contributed by atoms with Gasteiger partial charge in [-0.3, -0.25) is 0 Å². The van der Waals surface area contributed by atoms with E-state index in [1.165, 1.54) is 44.9 Å². The van der Waals surface area contributed by atoms with Crippen molar-refractivity contribution in [3.05, 3.63) is 35.4 Å². The Morgan fingerprint density at radius 2 is 1.61 bits per heavy atom. The molecule has 1 aromatic carbocycles. The Morgan fingerprint density at radius 3 is 2.33 bits per heavy atom. The van der Waals surface area contributed by atoms with Crippen LogP contribution < -0.4 is 5.32 Å². The minimum atomic E-state index is 0.900. The molecular weight excluding hydrogens is 218 g/mol. The third-order valence-electron chi connectivity index (χ3n) is 4.38. The quantitative estimate of drug-likeness (QED) is 0.784. The first kappa shape index (κ1) is 13.6. The molecule has 1 N–H and O–H groups in total. The number of hydrogen-bond acceptors (Lipinski definition) is 1. The van der Waals surface area contributed by atoms with Crippen molar-refractivity contribution in [2.75, 3.05) is 14.1 Å². The number of benzene rings is 1. The second-order valence-corrected chi connectivity index (χ2v) is 5.74. The molecule has 1 atom stereocenters. The molecular formula is C17H27N. The van der Waals surface area contributed by atoms with Gasteiger partial charge in [-0.2, -0.15) is 0 Å². The third kappa shape index (κ3) is 3.14. The fourth-order valence-corrected chi connectivity index (χ4v) is 3.64. The van der Waals surface area contributed by atoms with Gasteiger partial charge in [-0.15, -0.1) is 0 Å². The first-order chi connectivity index (χ1) is 8.86. The SMILES string of the molecule is CNC.c1ccc2c(c1)CCCC2C1CCCC1. The van der Waals surface area contributed by atoms with Gasteiger partial charge in [0.1, 0.15) is 0 Å². The van der Waals surface area contributed by atoms with Crippen molar-refractivity contribution in [3.63, 3.8) is 0 Å². The Labute approximate surface area is 112 Å². The van der Waals surface area contributed by atoms with Crippen molar-refractivity contribution in [1.29, 1.82) is 0 Å². The summed E-state index contributed by atoms with van der Waals surface area (Å²) in [6, 6.07) is 9.16. The van der Waals surface area contributed by atoms with Crippen LogP contribution in [0.4, 0.5) is 0 Å². The predicted molar refractivity (Wildman–Crippen MR) is 79.1 cm³/mol. The molecule has 0 aromatic heterocycles. The monoisotopic (exact) mass is 245 g/mol. The standard InChI is InChI=1S/C15H20.C2H7N/c1-2-7-12(6-1)15-11-5-9-13-8-3-4-10-14(13)15;1-3-2/h3-4,8,10,12,15H,1-2,5-7,9,11H2;3H,1-2H3. The molecule has 0 saturated heterocycles. The van der Waals surface area contributed by atoms with E-state index < -0.39 is 0 Å². The summed E-state index contributed by atoms with van der Waals surface area (Å²) in [6.07, 6.45) is 10.1. The van der Waals surface area contributed by atoms with Crippen LogP contribution >= 0.6 is 0 Å². The first-order valence-electron chi connectivity index (χ1n) is 7.53. The Bertz CT molecular complexity index is 352. The molecule has 0 amide bonds. The van der Waals surface area contributed by atoms with Gasteiger partial charge in [0.05, 0.1) is 0 Å². The fourth-order valence-electron chi connectivity index (χ4n) is 3.64. The highest BCUT2D eigenvalue weighted by Gasteiger charge is 2.29. The molecule has 18 heavy (non-hydrogen) atoms. The van der Waals surface area contributed by atoms with Crippen molar-refractivity contribution in [3.8, 4) is 0 Å². The van der Waals surface area contributed by atoms with E-state index in [9.17, 15) is 0 Å². The maximum Gasteiger partial charge on any atom is -0.0131 e. The molecule has 100 valence electrons. The molecule has 2 aliphatic rings. The smallest absolute Gasteiger partial charge is 0.0131 e. The maximum absolute atomic E-state index is 2.75. The first-order valence-corrected chi connectivity index (χ1v) is 7.53. The molecule has 3 rings (SSSR count). The van der Waals surface area contributed by atoms with Crippen molar-refractivity contribution in [2.45, 2.75) is 50.9 Å². The highest BCUT2D eigenvalue weighted by Crippen LogP contribution is 2.43. The minimum absolute atomic E-state index is 0.900. The number of hydrogen-bond donors (Lipinski definition) is 1. The fraction of sp³-hybridized carbons (Fsp3) is 0.647. The van der Waals surface area contributed by atoms with Crippen LogP contribution in [0.2, 0.25) is 0 Å². The van der Waals surface area contributed by atoms with Gasteiger partial charge in [-0.25, -0.2) is 0 Å². The molecule has 0 heterocycles. The van der Waals surface area contributed by atoms with Gasteiger partial charge in [0.15, 0.2) is 0 Å². The molecule has 1 unspecified atom stereocenters. The van der Waals surface area contributed by atoms with Gasteiger partial charge in [0.25, 0.3) is 0 Å². The highest BCUT2D eigenvalue weighted by molar-refractivity contribution is 5.33. The van der Waals surface area contributed by atoms with E-state index in [0.717, 1.165) is 11.8 Å². The Balaban J connectivity index is 0.000000367. The lowest BCUT2D eigenvalue weighted by Gasteiger charge is -2.30. The predicted octanol–water partition coefficient (Wildman–Crippen LogP) is 4.13. The van der Waals surface area contributed by atoms with Gasteiger partial charge < -0.3 is 5.32 Å². The van der Waals surface area contributed by atoms with Crippen LogP contribution in [-0.4, -0.2) is 14.1 Å². The summed E-state index contributed by atoms with van der Waals surface area (Å²) in [5.41, 5.74) is 3.33. The average molecular weight is 245 g/mol. The van der Waals surface area contributed by atoms with E-state index in [1.807, 2.05) is 14.1 Å². The summed E-state index contributed by atoms with van der Waals surface area (Å²) in [6.45, 7) is 0. The highest BCUT2D eigenvalue weighted by atomic mass is 14.7. The summed E-state index contributed by atoms with van der Waals surface area (Å²) in [5, 5.41) is 2.75. The second kappa shape index (κ2) is 6.94. The topological polar surface area (TPSA) is 12.0 Å². The van der Waals surface area contributed by atoms with E-state index in [0.29, 0.717) is 0 Å². The molecule has 1 saturated carbocycles. The lowest BCUT2D eigenvalue weighted by atomic mass is 9.75. The zero-order valence-electron chi connectivity index (χ0n) is 11.9. The second-order valence-electron chi connectivity index (χ2n) is 5.74. The zero-order chi connectivity index (χ0) is 12.8. The zero-order valence-corrected chi connectivity index (χ0v) is 11.9. The van der Waals surface area contributed by atoms with E-state index in [2.05, 4.69) is 29.6 Å². The molecule has 0 spiro atoms. The number of fused-ring (bicyclic) bond motifs is 1. The summed E-state index contributed by atoms with van der Waals surface area (Å²) in [4.78, 5) is 0. The number of aryl methyl sites for hydroxylation is 1. The summed E-state index contributed by atoms with van der Waals surface area (Å²) < 4.78 is 0. The molecule has 1 heteroatoms. The summed E-state index contributed by atoms with van der Waals surface area (Å²) in [5.74, 6) is 1.91. The van der Waals surface area contributed by atoms with Crippen molar-refractivity contribution in [2.24, 2.45) is 5.92 Å². The van der Waals surface area contributed by atoms with Gasteiger partial charge in [-0.05, 0) is 69.2 Å². The van der Waals surface area contributed by atoms with Crippen LogP contribution in [-0.2, 0) is 6.42 Å². The van der Waals surface area contributed by atoms with Gasteiger partial charge >= 0.3 is 0 Å². The van der Waals surface area contributed by atoms with Crippen molar-refractivity contribution in [1.82, 2.24) is 5.32 Å².